The van der Waals surface area contributed by atoms with E-state index in [0.717, 1.165) is 0 Å². The molecule has 0 saturated heterocycles. The molecule has 3 N–H and O–H groups in total. The Morgan fingerprint density at radius 2 is 1.95 bits per heavy atom. The second-order valence-corrected chi connectivity index (χ2v) is 6.28. The zero-order valence-electron chi connectivity index (χ0n) is 11.4. The largest absolute Gasteiger partial charge is 0.481 e. The lowest BCUT2D eigenvalue weighted by atomic mass is 9.89. The van der Waals surface area contributed by atoms with E-state index in [9.17, 15) is 14.4 Å². The van der Waals surface area contributed by atoms with Crippen LogP contribution in [-0.2, 0) is 9.59 Å². The number of carbonyl (C=O) groups excluding carboxylic acids is 2. The number of amides is 3. The zero-order chi connectivity index (χ0) is 16.2. The molecule has 114 valence electrons. The number of carbonyl (C=O) groups is 3. The monoisotopic (exact) mass is 376 g/mol. The molecule has 0 aromatic heterocycles. The predicted molar refractivity (Wildman–Crippen MR) is 82.3 cm³/mol. The molecule has 0 bridgehead atoms. The summed E-state index contributed by atoms with van der Waals surface area (Å²) in [5, 5.41) is 13.9. The average Bonchev–Trinajstić information content (AvgIpc) is 2.31. The van der Waals surface area contributed by atoms with Crippen molar-refractivity contribution in [3.8, 4) is 0 Å². The van der Waals surface area contributed by atoms with Gasteiger partial charge in [-0.2, -0.15) is 0 Å². The van der Waals surface area contributed by atoms with E-state index in [1.54, 1.807) is 18.2 Å². The molecule has 6 nitrogen and oxygen atoms in total. The van der Waals surface area contributed by atoms with E-state index in [2.05, 4.69) is 26.6 Å². The maximum absolute atomic E-state index is 11.7. The Kier molecular flexibility index (Phi) is 5.74. The second-order valence-electron chi connectivity index (χ2n) is 4.99. The van der Waals surface area contributed by atoms with Gasteiger partial charge in [0.2, 0.25) is 5.91 Å². The highest BCUT2D eigenvalue weighted by Crippen LogP contribution is 2.25. The lowest BCUT2D eigenvalue weighted by Gasteiger charge is -2.18. The second kappa shape index (κ2) is 6.91. The van der Waals surface area contributed by atoms with Crippen molar-refractivity contribution in [3.63, 3.8) is 0 Å². The molecule has 0 spiro atoms. The number of hydrogen-bond acceptors (Lipinski definition) is 3. The predicted octanol–water partition coefficient (Wildman–Crippen LogP) is 3.25. The van der Waals surface area contributed by atoms with Crippen LogP contribution < -0.4 is 10.6 Å². The first-order valence-corrected chi connectivity index (χ1v) is 7.08. The lowest BCUT2D eigenvalue weighted by Crippen LogP contribution is -2.38. The van der Waals surface area contributed by atoms with Gasteiger partial charge in [-0.1, -0.05) is 11.6 Å². The molecule has 8 heteroatoms. The van der Waals surface area contributed by atoms with Crippen LogP contribution in [0.25, 0.3) is 0 Å². The number of carboxylic acids is 1. The lowest BCUT2D eigenvalue weighted by molar-refractivity contribution is -0.149. The molecule has 3 amide bonds. The van der Waals surface area contributed by atoms with Crippen LogP contribution in [0.5, 0.6) is 0 Å². The van der Waals surface area contributed by atoms with Crippen molar-refractivity contribution in [1.29, 1.82) is 0 Å². The fourth-order valence-corrected chi connectivity index (χ4v) is 2.17. The number of nitrogens with one attached hydrogen (secondary N) is 2. The summed E-state index contributed by atoms with van der Waals surface area (Å²) in [6, 6.07) is 3.99. The average molecular weight is 378 g/mol. The molecule has 0 unspecified atom stereocenters. The molecule has 0 radical (unpaired) electrons. The van der Waals surface area contributed by atoms with Gasteiger partial charge in [0, 0.05) is 15.9 Å². The number of halogens is 2. The van der Waals surface area contributed by atoms with Gasteiger partial charge in [0.25, 0.3) is 0 Å². The van der Waals surface area contributed by atoms with Crippen LogP contribution in [0.2, 0.25) is 5.02 Å². The number of imide groups is 1. The summed E-state index contributed by atoms with van der Waals surface area (Å²) < 4.78 is 0.559. The van der Waals surface area contributed by atoms with Gasteiger partial charge in [-0.15, -0.1) is 0 Å². The zero-order valence-corrected chi connectivity index (χ0v) is 13.7. The van der Waals surface area contributed by atoms with Crippen molar-refractivity contribution in [2.24, 2.45) is 5.41 Å². The first kappa shape index (κ1) is 17.5. The van der Waals surface area contributed by atoms with E-state index in [0.29, 0.717) is 15.2 Å². The standard InChI is InChI=1S/C13H14BrClN2O4/c1-13(2,11(19)20)6-10(18)17-12(21)16-9-4-3-7(15)5-8(9)14/h3-5H,6H2,1-2H3,(H,19,20)(H2,16,17,18,21). The summed E-state index contributed by atoms with van der Waals surface area (Å²) in [6.45, 7) is 2.81. The highest BCUT2D eigenvalue weighted by atomic mass is 79.9. The summed E-state index contributed by atoms with van der Waals surface area (Å²) in [5.74, 6) is -1.79. The molecule has 1 aromatic carbocycles. The topological polar surface area (TPSA) is 95.5 Å². The van der Waals surface area contributed by atoms with Crippen LogP contribution in [0.4, 0.5) is 10.5 Å². The molecule has 0 aliphatic rings. The Balaban J connectivity index is 2.61. The Morgan fingerprint density at radius 1 is 1.33 bits per heavy atom. The third kappa shape index (κ3) is 5.35. The quantitative estimate of drug-likeness (QED) is 0.750. The molecule has 0 fully saturated rings. The van der Waals surface area contributed by atoms with Gasteiger partial charge in [0.15, 0.2) is 0 Å². The molecule has 0 heterocycles. The van der Waals surface area contributed by atoms with Gasteiger partial charge in [0.05, 0.1) is 11.1 Å². The molecular formula is C13H14BrClN2O4. The molecule has 21 heavy (non-hydrogen) atoms. The van der Waals surface area contributed by atoms with E-state index in [1.807, 2.05) is 0 Å². The van der Waals surface area contributed by atoms with Gasteiger partial charge in [-0.05, 0) is 48.0 Å². The number of hydrogen-bond donors (Lipinski definition) is 3. The van der Waals surface area contributed by atoms with Crippen LogP contribution in [0, 0.1) is 5.41 Å². The fraction of sp³-hybridized carbons (Fsp3) is 0.308. The van der Waals surface area contributed by atoms with Crippen molar-refractivity contribution in [1.82, 2.24) is 5.32 Å². The summed E-state index contributed by atoms with van der Waals surface area (Å²) in [5.41, 5.74) is -0.812. The molecule has 1 aromatic rings. The number of carboxylic acid groups (broad SMARTS) is 1. The molecule has 1 rings (SSSR count). The van der Waals surface area contributed by atoms with E-state index < -0.39 is 23.3 Å². The SMILES string of the molecule is CC(C)(CC(=O)NC(=O)Nc1ccc(Cl)cc1Br)C(=O)O. The van der Waals surface area contributed by atoms with Gasteiger partial charge < -0.3 is 10.4 Å². The normalized spacial score (nSPS) is 10.9. The number of benzene rings is 1. The van der Waals surface area contributed by atoms with Crippen molar-refractivity contribution in [2.45, 2.75) is 20.3 Å². The first-order chi connectivity index (χ1) is 9.61. The Hall–Kier alpha value is -1.60. The van der Waals surface area contributed by atoms with Crippen molar-refractivity contribution >= 4 is 51.1 Å². The Labute approximate surface area is 135 Å². The summed E-state index contributed by atoms with van der Waals surface area (Å²) in [6.07, 6.45) is -0.308. The number of anilines is 1. The Morgan fingerprint density at radius 3 is 2.48 bits per heavy atom. The van der Waals surface area contributed by atoms with Crippen LogP contribution in [0.15, 0.2) is 22.7 Å². The van der Waals surface area contributed by atoms with Gasteiger partial charge in [-0.25, -0.2) is 4.79 Å². The minimum atomic E-state index is -1.24. The maximum Gasteiger partial charge on any atom is 0.325 e. The first-order valence-electron chi connectivity index (χ1n) is 5.91. The molecule has 0 atom stereocenters. The van der Waals surface area contributed by atoms with E-state index in [1.165, 1.54) is 13.8 Å². The summed E-state index contributed by atoms with van der Waals surface area (Å²) >= 11 is 8.99. The minimum Gasteiger partial charge on any atom is -0.481 e. The number of rotatable bonds is 4. The van der Waals surface area contributed by atoms with E-state index in [-0.39, 0.29) is 6.42 Å². The fourth-order valence-electron chi connectivity index (χ4n) is 1.39. The van der Waals surface area contributed by atoms with Gasteiger partial charge in [0.1, 0.15) is 0 Å². The van der Waals surface area contributed by atoms with Crippen LogP contribution >= 0.6 is 27.5 Å². The van der Waals surface area contributed by atoms with Crippen LogP contribution in [-0.4, -0.2) is 23.0 Å². The highest BCUT2D eigenvalue weighted by molar-refractivity contribution is 9.10. The minimum absolute atomic E-state index is 0.308. The smallest absolute Gasteiger partial charge is 0.325 e. The maximum atomic E-state index is 11.7. The van der Waals surface area contributed by atoms with Crippen molar-refractivity contribution in [3.05, 3.63) is 27.7 Å². The molecular weight excluding hydrogens is 364 g/mol. The highest BCUT2D eigenvalue weighted by Gasteiger charge is 2.30. The van der Waals surface area contributed by atoms with Gasteiger partial charge >= 0.3 is 12.0 Å². The third-order valence-corrected chi connectivity index (χ3v) is 3.50. The van der Waals surface area contributed by atoms with E-state index in [4.69, 9.17) is 16.7 Å². The molecule has 0 saturated carbocycles. The number of urea groups is 1. The van der Waals surface area contributed by atoms with Crippen LogP contribution in [0.1, 0.15) is 20.3 Å². The summed E-state index contributed by atoms with van der Waals surface area (Å²) in [4.78, 5) is 34.2. The van der Waals surface area contributed by atoms with E-state index >= 15 is 0 Å². The molecule has 0 aliphatic heterocycles. The summed E-state index contributed by atoms with van der Waals surface area (Å²) in [7, 11) is 0. The van der Waals surface area contributed by atoms with Gasteiger partial charge in [-0.3, -0.25) is 14.9 Å². The molecule has 0 aliphatic carbocycles. The third-order valence-electron chi connectivity index (χ3n) is 2.61. The number of aliphatic carboxylic acids is 1. The van der Waals surface area contributed by atoms with Crippen LogP contribution in [0.3, 0.4) is 0 Å². The van der Waals surface area contributed by atoms with Crippen molar-refractivity contribution in [2.75, 3.05) is 5.32 Å². The Bertz CT molecular complexity index is 590. The van der Waals surface area contributed by atoms with Crippen molar-refractivity contribution < 1.29 is 19.5 Å².